The van der Waals surface area contributed by atoms with E-state index in [1.54, 1.807) is 6.07 Å². The average molecular weight is 285 g/mol. The summed E-state index contributed by atoms with van der Waals surface area (Å²) in [6.45, 7) is 3.53. The zero-order chi connectivity index (χ0) is 13.9. The lowest BCUT2D eigenvalue weighted by Crippen LogP contribution is -2.36. The molecule has 0 amide bonds. The summed E-state index contributed by atoms with van der Waals surface area (Å²) >= 11 is 0. The molecule has 1 heterocycles. The number of benzene rings is 1. The second kappa shape index (κ2) is 6.01. The molecule has 1 saturated heterocycles. The fraction of sp³-hybridized carbons (Fsp3) is 0.571. The average Bonchev–Trinajstić information content (AvgIpc) is 2.69. The number of halogens is 1. The molecule has 0 aromatic heterocycles. The molecule has 0 bridgehead atoms. The second-order valence-electron chi connectivity index (χ2n) is 5.16. The minimum atomic E-state index is -2.87. The molecule has 0 radical (unpaired) electrons. The van der Waals surface area contributed by atoms with Crippen molar-refractivity contribution in [3.8, 4) is 0 Å². The maximum atomic E-state index is 13.2. The van der Waals surface area contributed by atoms with Crippen LogP contribution in [0.1, 0.15) is 25.3 Å². The molecule has 0 spiro atoms. The quantitative estimate of drug-likeness (QED) is 0.832. The fourth-order valence-electron chi connectivity index (χ4n) is 2.61. The van der Waals surface area contributed by atoms with Crippen LogP contribution >= 0.6 is 0 Å². The normalized spacial score (nSPS) is 21.9. The van der Waals surface area contributed by atoms with Gasteiger partial charge in [0.15, 0.2) is 9.84 Å². The molecule has 1 fully saturated rings. The molecule has 106 valence electrons. The Hall–Kier alpha value is -0.940. The van der Waals surface area contributed by atoms with Gasteiger partial charge in [0.1, 0.15) is 5.82 Å². The Morgan fingerprint density at radius 1 is 1.42 bits per heavy atom. The van der Waals surface area contributed by atoms with Gasteiger partial charge < -0.3 is 0 Å². The highest BCUT2D eigenvalue weighted by molar-refractivity contribution is 7.91. The van der Waals surface area contributed by atoms with Gasteiger partial charge >= 0.3 is 0 Å². The first-order valence-electron chi connectivity index (χ1n) is 6.69. The lowest BCUT2D eigenvalue weighted by Gasteiger charge is -2.27. The zero-order valence-electron chi connectivity index (χ0n) is 11.2. The molecular weight excluding hydrogens is 265 g/mol. The first kappa shape index (κ1) is 14.5. The second-order valence-corrected chi connectivity index (χ2v) is 7.39. The number of sulfone groups is 1. The maximum Gasteiger partial charge on any atom is 0.151 e. The van der Waals surface area contributed by atoms with Gasteiger partial charge in [0.2, 0.25) is 0 Å². The van der Waals surface area contributed by atoms with E-state index in [1.807, 2.05) is 6.07 Å². The van der Waals surface area contributed by atoms with E-state index in [2.05, 4.69) is 11.8 Å². The minimum absolute atomic E-state index is 0.0771. The van der Waals surface area contributed by atoms with Crippen LogP contribution in [0.15, 0.2) is 24.3 Å². The van der Waals surface area contributed by atoms with Gasteiger partial charge in [0, 0.05) is 12.6 Å². The highest BCUT2D eigenvalue weighted by Crippen LogP contribution is 2.20. The SMILES string of the molecule is CCCN(Cc1cccc(F)c1)[C@H]1CCS(=O)(=O)C1. The van der Waals surface area contributed by atoms with Crippen molar-refractivity contribution in [3.05, 3.63) is 35.6 Å². The first-order valence-corrected chi connectivity index (χ1v) is 8.51. The molecule has 0 N–H and O–H groups in total. The van der Waals surface area contributed by atoms with Crippen LogP contribution in [-0.2, 0) is 16.4 Å². The standard InChI is InChI=1S/C14H20FNO2S/c1-2-7-16(14-6-8-19(17,18)11-14)10-12-4-3-5-13(15)9-12/h3-5,9,14H,2,6-8,10-11H2,1H3/t14-/m0/s1. The van der Waals surface area contributed by atoms with Gasteiger partial charge in [-0.05, 0) is 37.1 Å². The van der Waals surface area contributed by atoms with Gasteiger partial charge in [-0.15, -0.1) is 0 Å². The van der Waals surface area contributed by atoms with E-state index in [9.17, 15) is 12.8 Å². The monoisotopic (exact) mass is 285 g/mol. The Balaban J connectivity index is 2.08. The van der Waals surface area contributed by atoms with Crippen LogP contribution in [0, 0.1) is 5.82 Å². The van der Waals surface area contributed by atoms with Crippen molar-refractivity contribution in [1.82, 2.24) is 4.90 Å². The summed E-state index contributed by atoms with van der Waals surface area (Å²) in [5, 5.41) is 0. The third-order valence-electron chi connectivity index (χ3n) is 3.51. The summed E-state index contributed by atoms with van der Waals surface area (Å²) in [4.78, 5) is 2.17. The highest BCUT2D eigenvalue weighted by Gasteiger charge is 2.31. The molecule has 5 heteroatoms. The molecular formula is C14H20FNO2S. The smallest absolute Gasteiger partial charge is 0.151 e. The fourth-order valence-corrected chi connectivity index (χ4v) is 4.37. The minimum Gasteiger partial charge on any atom is -0.295 e. The van der Waals surface area contributed by atoms with Crippen LogP contribution in [0.5, 0.6) is 0 Å². The van der Waals surface area contributed by atoms with Crippen molar-refractivity contribution in [2.75, 3.05) is 18.1 Å². The highest BCUT2D eigenvalue weighted by atomic mass is 32.2. The number of hydrogen-bond donors (Lipinski definition) is 0. The Labute approximate surface area is 114 Å². The lowest BCUT2D eigenvalue weighted by atomic mass is 10.1. The van der Waals surface area contributed by atoms with Gasteiger partial charge in [0.25, 0.3) is 0 Å². The zero-order valence-corrected chi connectivity index (χ0v) is 12.0. The van der Waals surface area contributed by atoms with Crippen molar-refractivity contribution in [2.45, 2.75) is 32.4 Å². The van der Waals surface area contributed by atoms with E-state index in [4.69, 9.17) is 0 Å². The predicted octanol–water partition coefficient (Wildman–Crippen LogP) is 2.22. The molecule has 1 aliphatic rings. The largest absolute Gasteiger partial charge is 0.295 e. The van der Waals surface area contributed by atoms with Gasteiger partial charge in [0.05, 0.1) is 11.5 Å². The van der Waals surface area contributed by atoms with Gasteiger partial charge in [-0.2, -0.15) is 0 Å². The molecule has 0 saturated carbocycles. The Morgan fingerprint density at radius 2 is 2.21 bits per heavy atom. The molecule has 1 atom stereocenters. The topological polar surface area (TPSA) is 37.4 Å². The van der Waals surface area contributed by atoms with E-state index in [1.165, 1.54) is 12.1 Å². The van der Waals surface area contributed by atoms with Crippen LogP contribution in [0.25, 0.3) is 0 Å². The number of hydrogen-bond acceptors (Lipinski definition) is 3. The van der Waals surface area contributed by atoms with Crippen LogP contribution in [-0.4, -0.2) is 37.4 Å². The molecule has 0 aliphatic carbocycles. The van der Waals surface area contributed by atoms with Crippen molar-refractivity contribution in [2.24, 2.45) is 0 Å². The van der Waals surface area contributed by atoms with Crippen LogP contribution < -0.4 is 0 Å². The Kier molecular flexibility index (Phi) is 4.58. The van der Waals surface area contributed by atoms with E-state index in [0.717, 1.165) is 18.5 Å². The molecule has 1 aliphatic heterocycles. The summed E-state index contributed by atoms with van der Waals surface area (Å²) in [7, 11) is -2.87. The third kappa shape index (κ3) is 4.01. The summed E-state index contributed by atoms with van der Waals surface area (Å²) in [6.07, 6.45) is 1.66. The van der Waals surface area contributed by atoms with Crippen LogP contribution in [0.3, 0.4) is 0 Å². The lowest BCUT2D eigenvalue weighted by molar-refractivity contribution is 0.203. The van der Waals surface area contributed by atoms with Crippen molar-refractivity contribution in [3.63, 3.8) is 0 Å². The van der Waals surface area contributed by atoms with Crippen molar-refractivity contribution >= 4 is 9.84 Å². The number of nitrogens with zero attached hydrogens (tertiary/aromatic N) is 1. The van der Waals surface area contributed by atoms with Gasteiger partial charge in [-0.1, -0.05) is 19.1 Å². The summed E-state index contributed by atoms with van der Waals surface area (Å²) in [5.74, 6) is 0.275. The van der Waals surface area contributed by atoms with E-state index in [-0.39, 0.29) is 23.4 Å². The molecule has 3 nitrogen and oxygen atoms in total. The maximum absolute atomic E-state index is 13.2. The Bertz CT molecular complexity index is 530. The van der Waals surface area contributed by atoms with Gasteiger partial charge in [-0.3, -0.25) is 4.90 Å². The van der Waals surface area contributed by atoms with Crippen LogP contribution in [0.4, 0.5) is 4.39 Å². The molecule has 0 unspecified atom stereocenters. The summed E-state index contributed by atoms with van der Waals surface area (Å²) in [5.41, 5.74) is 0.901. The van der Waals surface area contributed by atoms with Gasteiger partial charge in [-0.25, -0.2) is 12.8 Å². The van der Waals surface area contributed by atoms with E-state index in [0.29, 0.717) is 13.0 Å². The Morgan fingerprint density at radius 3 is 2.79 bits per heavy atom. The predicted molar refractivity (Wildman–Crippen MR) is 74.2 cm³/mol. The van der Waals surface area contributed by atoms with Crippen LogP contribution in [0.2, 0.25) is 0 Å². The molecule has 1 aromatic carbocycles. The van der Waals surface area contributed by atoms with E-state index >= 15 is 0 Å². The number of rotatable bonds is 5. The summed E-state index contributed by atoms with van der Waals surface area (Å²) in [6, 6.07) is 6.60. The van der Waals surface area contributed by atoms with Crippen molar-refractivity contribution in [1.29, 1.82) is 0 Å². The summed E-state index contributed by atoms with van der Waals surface area (Å²) < 4.78 is 36.3. The molecule has 2 rings (SSSR count). The molecule has 19 heavy (non-hydrogen) atoms. The third-order valence-corrected chi connectivity index (χ3v) is 5.26. The van der Waals surface area contributed by atoms with E-state index < -0.39 is 9.84 Å². The first-order chi connectivity index (χ1) is 9.00. The van der Waals surface area contributed by atoms with Crippen molar-refractivity contribution < 1.29 is 12.8 Å². The molecule has 1 aromatic rings.